The molecule has 2 N–H and O–H groups in total. The van der Waals surface area contributed by atoms with Crippen LogP contribution in [0.15, 0.2) is 5.16 Å². The third kappa shape index (κ3) is 3.17. The standard InChI is InChI=1S/C17H23N3O3S/c1-9(2)11-8-12(23-20-11)15(21)19-17-14(16(22)18-3)10-6-4-5-7-13(10)24-17/h9,12H,4-8H2,1-3H3,(H,18,22)(H,19,21)/t12-/m0/s1. The summed E-state index contributed by atoms with van der Waals surface area (Å²) in [5.74, 6) is -0.118. The quantitative estimate of drug-likeness (QED) is 0.877. The van der Waals surface area contributed by atoms with Crippen LogP contribution in [0.3, 0.4) is 0 Å². The fraction of sp³-hybridized carbons (Fsp3) is 0.588. The van der Waals surface area contributed by atoms with Crippen molar-refractivity contribution in [2.24, 2.45) is 11.1 Å². The normalized spacial score (nSPS) is 19.5. The number of fused-ring (bicyclic) bond motifs is 1. The highest BCUT2D eigenvalue weighted by Crippen LogP contribution is 2.38. The molecule has 6 nitrogen and oxygen atoms in total. The third-order valence-corrected chi connectivity index (χ3v) is 5.72. The highest BCUT2D eigenvalue weighted by Gasteiger charge is 2.32. The lowest BCUT2D eigenvalue weighted by Gasteiger charge is -2.12. The van der Waals surface area contributed by atoms with E-state index in [0.717, 1.165) is 37.0 Å². The Kier molecular flexibility index (Phi) is 4.89. The summed E-state index contributed by atoms with van der Waals surface area (Å²) in [5.41, 5.74) is 2.60. The van der Waals surface area contributed by atoms with E-state index in [1.165, 1.54) is 16.2 Å². The largest absolute Gasteiger partial charge is 0.382 e. The first-order valence-corrected chi connectivity index (χ1v) is 9.23. The van der Waals surface area contributed by atoms with Gasteiger partial charge in [0.25, 0.3) is 11.8 Å². The zero-order valence-corrected chi connectivity index (χ0v) is 15.1. The van der Waals surface area contributed by atoms with Crippen LogP contribution >= 0.6 is 11.3 Å². The highest BCUT2D eigenvalue weighted by molar-refractivity contribution is 7.17. The van der Waals surface area contributed by atoms with Crippen LogP contribution in [0.1, 0.15) is 53.9 Å². The van der Waals surface area contributed by atoms with E-state index in [2.05, 4.69) is 15.8 Å². The maximum atomic E-state index is 12.5. The van der Waals surface area contributed by atoms with Crippen LogP contribution in [0.25, 0.3) is 0 Å². The van der Waals surface area contributed by atoms with E-state index in [1.54, 1.807) is 7.05 Å². The molecule has 1 aromatic heterocycles. The predicted molar refractivity (Wildman–Crippen MR) is 94.7 cm³/mol. The molecule has 7 heteroatoms. The Morgan fingerprint density at radius 2 is 2.04 bits per heavy atom. The van der Waals surface area contributed by atoms with Crippen LogP contribution in [0.5, 0.6) is 0 Å². The number of carbonyl (C=O) groups is 2. The minimum absolute atomic E-state index is 0.142. The fourth-order valence-corrected chi connectivity index (χ4v) is 4.38. The van der Waals surface area contributed by atoms with E-state index in [-0.39, 0.29) is 17.7 Å². The van der Waals surface area contributed by atoms with Gasteiger partial charge >= 0.3 is 0 Å². The summed E-state index contributed by atoms with van der Waals surface area (Å²) in [6.45, 7) is 4.05. The van der Waals surface area contributed by atoms with E-state index in [9.17, 15) is 9.59 Å². The summed E-state index contributed by atoms with van der Waals surface area (Å²) < 4.78 is 0. The molecule has 1 aliphatic carbocycles. The molecule has 130 valence electrons. The molecular weight excluding hydrogens is 326 g/mol. The van der Waals surface area contributed by atoms with Gasteiger partial charge in [-0.15, -0.1) is 11.3 Å². The number of thiophene rings is 1. The van der Waals surface area contributed by atoms with Gasteiger partial charge < -0.3 is 15.5 Å². The Balaban J connectivity index is 1.79. The predicted octanol–water partition coefficient (Wildman–Crippen LogP) is 2.73. The van der Waals surface area contributed by atoms with Crippen LogP contribution < -0.4 is 10.6 Å². The minimum atomic E-state index is -0.612. The zero-order chi connectivity index (χ0) is 17.3. The van der Waals surface area contributed by atoms with Gasteiger partial charge in [0.15, 0.2) is 0 Å². The van der Waals surface area contributed by atoms with Crippen molar-refractivity contribution in [1.29, 1.82) is 0 Å². The number of aryl methyl sites for hydroxylation is 1. The molecule has 2 aliphatic rings. The second kappa shape index (κ2) is 6.93. The molecular formula is C17H23N3O3S. The van der Waals surface area contributed by atoms with Gasteiger partial charge in [0.05, 0.1) is 11.3 Å². The average Bonchev–Trinajstić information content (AvgIpc) is 3.18. The number of hydrogen-bond donors (Lipinski definition) is 2. The highest BCUT2D eigenvalue weighted by atomic mass is 32.1. The molecule has 3 rings (SSSR count). The number of nitrogens with zero attached hydrogens (tertiary/aromatic N) is 1. The van der Waals surface area contributed by atoms with Gasteiger partial charge in [-0.2, -0.15) is 0 Å². The summed E-state index contributed by atoms with van der Waals surface area (Å²) in [5, 5.41) is 10.2. The molecule has 1 aliphatic heterocycles. The molecule has 0 bridgehead atoms. The van der Waals surface area contributed by atoms with E-state index >= 15 is 0 Å². The summed E-state index contributed by atoms with van der Waals surface area (Å²) in [4.78, 5) is 31.3. The molecule has 0 spiro atoms. The topological polar surface area (TPSA) is 79.8 Å². The summed E-state index contributed by atoms with van der Waals surface area (Å²) >= 11 is 1.51. The summed E-state index contributed by atoms with van der Waals surface area (Å²) in [6, 6.07) is 0. The van der Waals surface area contributed by atoms with Crippen LogP contribution in [0.4, 0.5) is 5.00 Å². The van der Waals surface area contributed by atoms with E-state index in [4.69, 9.17) is 4.84 Å². The first-order valence-electron chi connectivity index (χ1n) is 8.41. The summed E-state index contributed by atoms with van der Waals surface area (Å²) in [7, 11) is 1.61. The van der Waals surface area contributed by atoms with Gasteiger partial charge in [0.1, 0.15) is 5.00 Å². The third-order valence-electron chi connectivity index (χ3n) is 4.51. The first-order chi connectivity index (χ1) is 11.5. The fourth-order valence-electron chi connectivity index (χ4n) is 3.09. The lowest BCUT2D eigenvalue weighted by Crippen LogP contribution is -2.29. The van der Waals surface area contributed by atoms with Crippen molar-refractivity contribution in [2.45, 2.75) is 52.1 Å². The van der Waals surface area contributed by atoms with Gasteiger partial charge in [-0.25, -0.2) is 0 Å². The van der Waals surface area contributed by atoms with Gasteiger partial charge in [-0.1, -0.05) is 19.0 Å². The first kappa shape index (κ1) is 17.0. The van der Waals surface area contributed by atoms with Crippen molar-refractivity contribution in [3.05, 3.63) is 16.0 Å². The molecule has 0 saturated heterocycles. The average molecular weight is 349 g/mol. The molecule has 0 radical (unpaired) electrons. The number of anilines is 1. The van der Waals surface area contributed by atoms with E-state index in [0.29, 0.717) is 17.0 Å². The summed E-state index contributed by atoms with van der Waals surface area (Å²) in [6.07, 6.45) is 3.97. The monoisotopic (exact) mass is 349 g/mol. The van der Waals surface area contributed by atoms with Crippen LogP contribution in [-0.2, 0) is 22.5 Å². The van der Waals surface area contributed by atoms with Crippen molar-refractivity contribution in [3.8, 4) is 0 Å². The molecule has 2 heterocycles. The lowest BCUT2D eigenvalue weighted by molar-refractivity contribution is -0.125. The number of rotatable bonds is 4. The van der Waals surface area contributed by atoms with Crippen molar-refractivity contribution >= 4 is 33.9 Å². The maximum absolute atomic E-state index is 12.5. The Labute approximate surface area is 145 Å². The van der Waals surface area contributed by atoms with Gasteiger partial charge in [0, 0.05) is 18.3 Å². The lowest BCUT2D eigenvalue weighted by atomic mass is 9.95. The van der Waals surface area contributed by atoms with Crippen molar-refractivity contribution in [1.82, 2.24) is 5.32 Å². The van der Waals surface area contributed by atoms with Crippen molar-refractivity contribution in [2.75, 3.05) is 12.4 Å². The van der Waals surface area contributed by atoms with Crippen molar-refractivity contribution < 1.29 is 14.4 Å². The smallest absolute Gasteiger partial charge is 0.269 e. The van der Waals surface area contributed by atoms with Gasteiger partial charge in [-0.3, -0.25) is 9.59 Å². The molecule has 1 aromatic rings. The van der Waals surface area contributed by atoms with Crippen LogP contribution in [0.2, 0.25) is 0 Å². The zero-order valence-electron chi connectivity index (χ0n) is 14.3. The second-order valence-electron chi connectivity index (χ2n) is 6.52. The molecule has 1 atom stereocenters. The minimum Gasteiger partial charge on any atom is -0.382 e. The van der Waals surface area contributed by atoms with Crippen LogP contribution in [0, 0.1) is 5.92 Å². The molecule has 2 amide bonds. The number of amides is 2. The molecule has 0 aromatic carbocycles. The Hall–Kier alpha value is -1.89. The number of nitrogens with one attached hydrogen (secondary N) is 2. The second-order valence-corrected chi connectivity index (χ2v) is 7.62. The van der Waals surface area contributed by atoms with E-state index in [1.807, 2.05) is 13.8 Å². The SMILES string of the molecule is CNC(=O)c1c(NC(=O)[C@@H]2CC(C(C)C)=NO2)sc2c1CCCC2. The van der Waals surface area contributed by atoms with Crippen LogP contribution in [-0.4, -0.2) is 30.7 Å². The molecule has 24 heavy (non-hydrogen) atoms. The molecule has 0 unspecified atom stereocenters. The Morgan fingerprint density at radius 3 is 2.71 bits per heavy atom. The van der Waals surface area contributed by atoms with Crippen molar-refractivity contribution in [3.63, 3.8) is 0 Å². The van der Waals surface area contributed by atoms with E-state index < -0.39 is 6.10 Å². The number of hydrogen-bond acceptors (Lipinski definition) is 5. The Morgan fingerprint density at radius 1 is 1.29 bits per heavy atom. The Bertz CT molecular complexity index is 693. The number of carbonyl (C=O) groups excluding carboxylic acids is 2. The molecule has 0 saturated carbocycles. The number of oxime groups is 1. The molecule has 0 fully saturated rings. The van der Waals surface area contributed by atoms with Gasteiger partial charge in [0.2, 0.25) is 6.10 Å². The maximum Gasteiger partial charge on any atom is 0.269 e. The van der Waals surface area contributed by atoms with Gasteiger partial charge in [-0.05, 0) is 37.2 Å².